The molecule has 0 aromatic heterocycles. The molecule has 2 atom stereocenters. The summed E-state index contributed by atoms with van der Waals surface area (Å²) in [4.78, 5) is 0. The molecule has 0 bridgehead atoms. The highest BCUT2D eigenvalue weighted by Gasteiger charge is 2.62. The second kappa shape index (κ2) is 1.58. The molecule has 0 amide bonds. The molecule has 0 N–H and O–H groups in total. The lowest BCUT2D eigenvalue weighted by molar-refractivity contribution is 0.226. The van der Waals surface area contributed by atoms with Crippen LogP contribution in [-0.2, 0) is 4.74 Å². The lowest BCUT2D eigenvalue weighted by Gasteiger charge is -2.00. The van der Waals surface area contributed by atoms with Crippen LogP contribution in [0.4, 0.5) is 0 Å². The number of allylic oxidation sites excluding steroid dienone is 1. The summed E-state index contributed by atoms with van der Waals surface area (Å²) in [6, 6.07) is 0. The van der Waals surface area contributed by atoms with Crippen LogP contribution in [-0.4, -0.2) is 6.61 Å². The van der Waals surface area contributed by atoms with Gasteiger partial charge in [-0.15, -0.1) is 0 Å². The van der Waals surface area contributed by atoms with Gasteiger partial charge in [0.2, 0.25) is 0 Å². The Labute approximate surface area is 62.1 Å². The van der Waals surface area contributed by atoms with Crippen molar-refractivity contribution >= 4 is 0 Å². The van der Waals surface area contributed by atoms with Crippen molar-refractivity contribution in [2.45, 2.75) is 20.3 Å². The topological polar surface area (TPSA) is 9.23 Å². The van der Waals surface area contributed by atoms with Crippen LogP contribution in [0.3, 0.4) is 0 Å². The van der Waals surface area contributed by atoms with Crippen LogP contribution >= 0.6 is 0 Å². The minimum Gasteiger partial charge on any atom is -0.498 e. The van der Waals surface area contributed by atoms with E-state index in [4.69, 9.17) is 4.74 Å². The summed E-state index contributed by atoms with van der Waals surface area (Å²) in [5, 5.41) is 0. The highest BCUT2D eigenvalue weighted by atomic mass is 16.5. The minimum absolute atomic E-state index is 0.511. The molecule has 0 radical (unpaired) electrons. The Balaban J connectivity index is 2.15. The summed E-state index contributed by atoms with van der Waals surface area (Å²) in [6.07, 6.45) is 1.11. The van der Waals surface area contributed by atoms with Crippen molar-refractivity contribution in [3.8, 4) is 0 Å². The van der Waals surface area contributed by atoms with Crippen molar-refractivity contribution in [3.63, 3.8) is 0 Å². The summed E-state index contributed by atoms with van der Waals surface area (Å²) in [5.41, 5.74) is 0.511. The molecule has 2 rings (SSSR count). The molecule has 56 valence electrons. The molecule has 1 heterocycles. The summed E-state index contributed by atoms with van der Waals surface area (Å²) < 4.78 is 5.38. The van der Waals surface area contributed by atoms with E-state index >= 15 is 0 Å². The number of rotatable bonds is 0. The fourth-order valence-corrected chi connectivity index (χ4v) is 2.24. The highest BCUT2D eigenvalue weighted by Crippen LogP contribution is 2.64. The predicted octanol–water partition coefficient (Wildman–Crippen LogP) is 2.19. The van der Waals surface area contributed by atoms with Gasteiger partial charge >= 0.3 is 0 Å². The normalized spacial score (nSPS) is 51.6. The Kier molecular flexibility index (Phi) is 0.988. The van der Waals surface area contributed by atoms with Crippen LogP contribution in [0.2, 0.25) is 0 Å². The molecular formula is C9H14O. The van der Waals surface area contributed by atoms with Gasteiger partial charge in [0, 0.05) is 11.8 Å². The molecule has 2 fully saturated rings. The third-order valence-electron chi connectivity index (χ3n) is 3.53. The third kappa shape index (κ3) is 0.536. The summed E-state index contributed by atoms with van der Waals surface area (Å²) in [6.45, 7) is 9.39. The van der Waals surface area contributed by atoms with Crippen LogP contribution in [0.1, 0.15) is 20.3 Å². The molecular weight excluding hydrogens is 124 g/mol. The van der Waals surface area contributed by atoms with E-state index in [0.717, 1.165) is 30.6 Å². The molecule has 1 aliphatic carbocycles. The zero-order chi connectivity index (χ0) is 7.35. The molecule has 0 aromatic rings. The first-order chi connectivity index (χ1) is 4.67. The van der Waals surface area contributed by atoms with Crippen molar-refractivity contribution in [3.05, 3.63) is 12.3 Å². The van der Waals surface area contributed by atoms with Gasteiger partial charge in [0.25, 0.3) is 0 Å². The maximum absolute atomic E-state index is 5.38. The quantitative estimate of drug-likeness (QED) is 0.498. The first kappa shape index (κ1) is 6.26. The van der Waals surface area contributed by atoms with Crippen molar-refractivity contribution in [1.82, 2.24) is 0 Å². The van der Waals surface area contributed by atoms with Gasteiger partial charge in [-0.05, 0) is 11.8 Å². The summed E-state index contributed by atoms with van der Waals surface area (Å²) in [5.74, 6) is 2.70. The van der Waals surface area contributed by atoms with Crippen LogP contribution in [0.25, 0.3) is 0 Å². The molecule has 0 aromatic carbocycles. The van der Waals surface area contributed by atoms with Gasteiger partial charge in [0.15, 0.2) is 0 Å². The maximum Gasteiger partial charge on any atom is 0.0942 e. The third-order valence-corrected chi connectivity index (χ3v) is 3.53. The van der Waals surface area contributed by atoms with Crippen molar-refractivity contribution in [1.29, 1.82) is 0 Å². The maximum atomic E-state index is 5.38. The molecule has 1 saturated heterocycles. The van der Waals surface area contributed by atoms with E-state index in [1.165, 1.54) is 0 Å². The molecule has 1 saturated carbocycles. The van der Waals surface area contributed by atoms with E-state index in [9.17, 15) is 0 Å². The fraction of sp³-hybridized carbons (Fsp3) is 0.778. The van der Waals surface area contributed by atoms with Gasteiger partial charge in [-0.1, -0.05) is 20.4 Å². The SMILES string of the molecule is C=C1CC2(CO1)C(C)C2C. The summed E-state index contributed by atoms with van der Waals surface area (Å²) in [7, 11) is 0. The second-order valence-corrected chi connectivity index (χ2v) is 3.81. The highest BCUT2D eigenvalue weighted by molar-refractivity contribution is 5.15. The lowest BCUT2D eigenvalue weighted by atomic mass is 10.0. The van der Waals surface area contributed by atoms with Gasteiger partial charge < -0.3 is 4.74 Å². The fourth-order valence-electron chi connectivity index (χ4n) is 2.24. The monoisotopic (exact) mass is 138 g/mol. The van der Waals surface area contributed by atoms with Gasteiger partial charge in [0.05, 0.1) is 12.4 Å². The Morgan fingerprint density at radius 2 is 2.10 bits per heavy atom. The first-order valence-electron chi connectivity index (χ1n) is 3.97. The average Bonchev–Trinajstić information content (AvgIpc) is 2.37. The Hall–Kier alpha value is -0.460. The van der Waals surface area contributed by atoms with E-state index in [2.05, 4.69) is 20.4 Å². The Morgan fingerprint density at radius 1 is 1.50 bits per heavy atom. The van der Waals surface area contributed by atoms with E-state index < -0.39 is 0 Å². The minimum atomic E-state index is 0.511. The molecule has 10 heavy (non-hydrogen) atoms. The van der Waals surface area contributed by atoms with Gasteiger partial charge in [-0.3, -0.25) is 0 Å². The average molecular weight is 138 g/mol. The number of hydrogen-bond donors (Lipinski definition) is 0. The van der Waals surface area contributed by atoms with Gasteiger partial charge in [-0.2, -0.15) is 0 Å². The second-order valence-electron chi connectivity index (χ2n) is 3.81. The number of ether oxygens (including phenoxy) is 1. The standard InChI is InChI=1S/C9H14O/c1-6-4-9(5-10-6)7(2)8(9)3/h7-8H,1,4-5H2,2-3H3. The van der Waals surface area contributed by atoms with E-state index in [0.29, 0.717) is 5.41 Å². The van der Waals surface area contributed by atoms with Gasteiger partial charge in [0.1, 0.15) is 0 Å². The van der Waals surface area contributed by atoms with Crippen LogP contribution < -0.4 is 0 Å². The molecule has 1 aliphatic heterocycles. The molecule has 1 heteroatoms. The van der Waals surface area contributed by atoms with E-state index in [1.54, 1.807) is 0 Å². The Bertz CT molecular complexity index is 175. The van der Waals surface area contributed by atoms with E-state index in [-0.39, 0.29) is 0 Å². The molecule has 1 nitrogen and oxygen atoms in total. The van der Waals surface area contributed by atoms with Crippen molar-refractivity contribution in [2.75, 3.05) is 6.61 Å². The summed E-state index contributed by atoms with van der Waals surface area (Å²) >= 11 is 0. The van der Waals surface area contributed by atoms with Crippen LogP contribution in [0.5, 0.6) is 0 Å². The zero-order valence-electron chi connectivity index (χ0n) is 6.68. The first-order valence-corrected chi connectivity index (χ1v) is 3.97. The van der Waals surface area contributed by atoms with Gasteiger partial charge in [-0.25, -0.2) is 0 Å². The molecule has 1 spiro atoms. The van der Waals surface area contributed by atoms with Crippen LogP contribution in [0.15, 0.2) is 12.3 Å². The predicted molar refractivity (Wildman–Crippen MR) is 40.5 cm³/mol. The van der Waals surface area contributed by atoms with Crippen molar-refractivity contribution < 1.29 is 4.74 Å². The largest absolute Gasteiger partial charge is 0.498 e. The van der Waals surface area contributed by atoms with Crippen molar-refractivity contribution in [2.24, 2.45) is 17.3 Å². The Morgan fingerprint density at radius 3 is 2.30 bits per heavy atom. The number of hydrogen-bond acceptors (Lipinski definition) is 1. The van der Waals surface area contributed by atoms with Crippen LogP contribution in [0, 0.1) is 17.3 Å². The molecule has 2 unspecified atom stereocenters. The zero-order valence-corrected chi connectivity index (χ0v) is 6.68. The molecule has 2 aliphatic rings. The lowest BCUT2D eigenvalue weighted by Crippen LogP contribution is -2.02. The van der Waals surface area contributed by atoms with E-state index in [1.807, 2.05) is 0 Å². The smallest absolute Gasteiger partial charge is 0.0942 e.